The van der Waals surface area contributed by atoms with Gasteiger partial charge >= 0.3 is 104 Å². The van der Waals surface area contributed by atoms with Crippen molar-refractivity contribution in [1.82, 2.24) is 4.90 Å². The minimum atomic E-state index is 0.0525. The summed E-state index contributed by atoms with van der Waals surface area (Å²) < 4.78 is 1.16. The summed E-state index contributed by atoms with van der Waals surface area (Å²) in [6.07, 6.45) is 0.953. The van der Waals surface area contributed by atoms with Gasteiger partial charge in [-0.05, 0) is 0 Å². The SMILES string of the molecule is C#[Se]C(=C)CC(c1ccccc1C)N(C)C. The van der Waals surface area contributed by atoms with Crippen LogP contribution in [0.1, 0.15) is 23.6 Å². The van der Waals surface area contributed by atoms with E-state index in [1.165, 1.54) is 11.1 Å². The van der Waals surface area contributed by atoms with Crippen molar-refractivity contribution in [3.63, 3.8) is 0 Å². The van der Waals surface area contributed by atoms with E-state index >= 15 is 0 Å². The Morgan fingerprint density at radius 1 is 1.44 bits per heavy atom. The van der Waals surface area contributed by atoms with Gasteiger partial charge in [-0.25, -0.2) is 0 Å². The third-order valence-electron chi connectivity index (χ3n) is 2.76. The van der Waals surface area contributed by atoms with Gasteiger partial charge in [0.2, 0.25) is 0 Å². The summed E-state index contributed by atoms with van der Waals surface area (Å²) in [7, 11) is 4.21. The molecular weight excluding hydrogens is 261 g/mol. The molecule has 1 nitrogen and oxygen atoms in total. The van der Waals surface area contributed by atoms with Crippen LogP contribution in [0.25, 0.3) is 0 Å². The Hall–Kier alpha value is -0.781. The molecule has 1 atom stereocenters. The molecule has 1 aromatic rings. The first-order valence-corrected chi connectivity index (χ1v) is 7.17. The van der Waals surface area contributed by atoms with Crippen LogP contribution in [0.3, 0.4) is 0 Å². The standard InChI is InChI=1S/C14H19NSe/c1-11-8-6-7-9-13(11)14(15(3)4)10-12(2)16-5/h5-9,14H,2,10H2,1,3-4H3. The molecule has 1 aromatic carbocycles. The maximum atomic E-state index is 5.68. The molecule has 0 saturated carbocycles. The normalized spacial score (nSPS) is 12.4. The Kier molecular flexibility index (Phi) is 5.05. The Bertz CT molecular complexity index is 415. The van der Waals surface area contributed by atoms with Crippen LogP contribution in [0.15, 0.2) is 35.3 Å². The fourth-order valence-electron chi connectivity index (χ4n) is 1.80. The van der Waals surface area contributed by atoms with E-state index in [0.29, 0.717) is 6.04 Å². The summed E-state index contributed by atoms with van der Waals surface area (Å²) in [5.41, 5.74) is 2.71. The summed E-state index contributed by atoms with van der Waals surface area (Å²) in [6.45, 7) is 6.18. The van der Waals surface area contributed by atoms with Crippen molar-refractivity contribution in [1.29, 1.82) is 0 Å². The molecule has 16 heavy (non-hydrogen) atoms. The van der Waals surface area contributed by atoms with Gasteiger partial charge in [0.1, 0.15) is 0 Å². The van der Waals surface area contributed by atoms with Gasteiger partial charge in [-0.3, -0.25) is 0 Å². The molecule has 1 rings (SSSR count). The predicted octanol–water partition coefficient (Wildman–Crippen LogP) is 2.79. The van der Waals surface area contributed by atoms with E-state index in [1.54, 1.807) is 0 Å². The van der Waals surface area contributed by atoms with Gasteiger partial charge in [-0.15, -0.1) is 0 Å². The van der Waals surface area contributed by atoms with Gasteiger partial charge in [-0.2, -0.15) is 0 Å². The third-order valence-corrected chi connectivity index (χ3v) is 3.81. The second kappa shape index (κ2) is 6.08. The molecule has 0 aliphatic carbocycles. The molecular formula is C14H19NSe. The molecule has 0 amide bonds. The average Bonchev–Trinajstić information content (AvgIpc) is 2.26. The maximum absolute atomic E-state index is 5.68. The fourth-order valence-corrected chi connectivity index (χ4v) is 2.33. The van der Waals surface area contributed by atoms with Crippen molar-refractivity contribution in [2.24, 2.45) is 0 Å². The quantitative estimate of drug-likeness (QED) is 0.767. The van der Waals surface area contributed by atoms with Crippen molar-refractivity contribution >= 4 is 14.3 Å². The van der Waals surface area contributed by atoms with E-state index in [-0.39, 0.29) is 14.3 Å². The molecule has 0 radical (unpaired) electrons. The first-order valence-electron chi connectivity index (χ1n) is 5.32. The van der Waals surface area contributed by atoms with E-state index in [1.807, 2.05) is 0 Å². The van der Waals surface area contributed by atoms with E-state index in [4.69, 9.17) is 5.23 Å². The molecule has 0 heterocycles. The van der Waals surface area contributed by atoms with Crippen molar-refractivity contribution in [2.45, 2.75) is 19.4 Å². The number of rotatable bonds is 4. The van der Waals surface area contributed by atoms with Crippen molar-refractivity contribution < 1.29 is 0 Å². The number of nitrogens with zero attached hydrogens (tertiary/aromatic N) is 1. The molecule has 0 saturated heterocycles. The van der Waals surface area contributed by atoms with E-state index in [2.05, 4.69) is 56.8 Å². The number of aryl methyl sites for hydroxylation is 1. The molecule has 0 aromatic heterocycles. The van der Waals surface area contributed by atoms with Crippen LogP contribution >= 0.6 is 0 Å². The molecule has 0 aliphatic rings. The van der Waals surface area contributed by atoms with Crippen LogP contribution in [0.4, 0.5) is 0 Å². The first-order chi connectivity index (χ1) is 7.56. The summed E-state index contributed by atoms with van der Waals surface area (Å²) in [5, 5.41) is 5.68. The Balaban J connectivity index is 3.00. The molecule has 86 valence electrons. The summed E-state index contributed by atoms with van der Waals surface area (Å²) in [4.78, 5) is 2.24. The van der Waals surface area contributed by atoms with E-state index < -0.39 is 0 Å². The molecule has 0 N–H and O–H groups in total. The van der Waals surface area contributed by atoms with Gasteiger partial charge in [0.05, 0.1) is 0 Å². The molecule has 0 fully saturated rings. The fraction of sp³-hybridized carbons (Fsp3) is 0.357. The second-order valence-corrected chi connectivity index (χ2v) is 5.90. The number of hydrogen-bond acceptors (Lipinski definition) is 1. The predicted molar refractivity (Wildman–Crippen MR) is 72.1 cm³/mol. The van der Waals surface area contributed by atoms with Crippen LogP contribution in [0.5, 0.6) is 0 Å². The average molecular weight is 280 g/mol. The number of hydrogen-bond donors (Lipinski definition) is 0. The zero-order chi connectivity index (χ0) is 12.1. The van der Waals surface area contributed by atoms with Crippen molar-refractivity contribution in [2.75, 3.05) is 14.1 Å². The van der Waals surface area contributed by atoms with Crippen LogP contribution in [-0.4, -0.2) is 33.3 Å². The molecule has 0 aliphatic heterocycles. The van der Waals surface area contributed by atoms with Gasteiger partial charge in [0.25, 0.3) is 0 Å². The zero-order valence-corrected chi connectivity index (χ0v) is 11.9. The minimum absolute atomic E-state index is 0.0525. The van der Waals surface area contributed by atoms with Crippen LogP contribution in [0.2, 0.25) is 0 Å². The number of benzene rings is 1. The van der Waals surface area contributed by atoms with E-state index in [9.17, 15) is 0 Å². The summed E-state index contributed by atoms with van der Waals surface area (Å²) in [6, 6.07) is 8.90. The first kappa shape index (κ1) is 13.3. The Morgan fingerprint density at radius 3 is 2.56 bits per heavy atom. The zero-order valence-electron chi connectivity index (χ0n) is 10.2. The topological polar surface area (TPSA) is 3.24 Å². The van der Waals surface area contributed by atoms with Crippen molar-refractivity contribution in [3.05, 3.63) is 46.4 Å². The Labute approximate surface area is 104 Å². The third kappa shape index (κ3) is 3.37. The van der Waals surface area contributed by atoms with Gasteiger partial charge in [0.15, 0.2) is 0 Å². The van der Waals surface area contributed by atoms with Gasteiger partial charge in [-0.1, -0.05) is 0 Å². The van der Waals surface area contributed by atoms with E-state index in [0.717, 1.165) is 10.9 Å². The summed E-state index contributed by atoms with van der Waals surface area (Å²) in [5.74, 6) is 0. The van der Waals surface area contributed by atoms with Crippen LogP contribution in [-0.2, 0) is 0 Å². The second-order valence-electron chi connectivity index (χ2n) is 4.20. The van der Waals surface area contributed by atoms with Crippen molar-refractivity contribution in [3.8, 4) is 5.23 Å². The van der Waals surface area contributed by atoms with Gasteiger partial charge < -0.3 is 0 Å². The monoisotopic (exact) mass is 281 g/mol. The molecule has 0 spiro atoms. The molecule has 0 bridgehead atoms. The molecule has 2 heteroatoms. The van der Waals surface area contributed by atoms with Crippen LogP contribution < -0.4 is 0 Å². The van der Waals surface area contributed by atoms with Crippen LogP contribution in [0, 0.1) is 12.2 Å². The summed E-state index contributed by atoms with van der Waals surface area (Å²) >= 11 is 0.0525. The molecule has 1 unspecified atom stereocenters. The van der Waals surface area contributed by atoms with Gasteiger partial charge in [0, 0.05) is 0 Å². The Morgan fingerprint density at radius 2 is 2.06 bits per heavy atom.